The molecule has 4 nitrogen and oxygen atoms in total. The molecule has 0 aliphatic rings. The molecule has 1 heterocycles. The van der Waals surface area contributed by atoms with Crippen LogP contribution in [-0.4, -0.2) is 29.0 Å². The molecular weight excluding hydrogens is 202 g/mol. The quantitative estimate of drug-likeness (QED) is 0.828. The third-order valence-corrected chi connectivity index (χ3v) is 3.09. The van der Waals surface area contributed by atoms with Gasteiger partial charge in [-0.1, -0.05) is 0 Å². The summed E-state index contributed by atoms with van der Waals surface area (Å²) in [6, 6.07) is 0.292. The van der Waals surface area contributed by atoms with Crippen molar-refractivity contribution in [3.05, 3.63) is 18.0 Å². The maximum atomic E-state index is 5.32. The van der Waals surface area contributed by atoms with Crippen LogP contribution in [0.5, 0.6) is 0 Å². The Kier molecular flexibility index (Phi) is 4.10. The number of hydrogen-bond acceptors (Lipinski definition) is 3. The minimum Gasteiger partial charge on any atom is -0.380 e. The summed E-state index contributed by atoms with van der Waals surface area (Å²) in [7, 11) is 3.67. The minimum absolute atomic E-state index is 0.0968. The molecule has 0 aromatic carbocycles. The Balaban J connectivity index is 2.71. The molecule has 0 amide bonds. The van der Waals surface area contributed by atoms with Gasteiger partial charge in [0.05, 0.1) is 12.3 Å². The lowest BCUT2D eigenvalue weighted by Gasteiger charge is -2.32. The van der Waals surface area contributed by atoms with Crippen molar-refractivity contribution < 1.29 is 4.74 Å². The van der Waals surface area contributed by atoms with Crippen molar-refractivity contribution in [1.82, 2.24) is 15.1 Å². The van der Waals surface area contributed by atoms with Gasteiger partial charge in [0.25, 0.3) is 0 Å². The van der Waals surface area contributed by atoms with E-state index in [1.54, 1.807) is 7.11 Å². The molecule has 1 aromatic rings. The second-order valence-corrected chi connectivity index (χ2v) is 4.90. The van der Waals surface area contributed by atoms with Gasteiger partial charge in [-0.15, -0.1) is 0 Å². The van der Waals surface area contributed by atoms with Crippen LogP contribution in [0.4, 0.5) is 0 Å². The Morgan fingerprint density at radius 2 is 2.06 bits per heavy atom. The molecule has 4 heteroatoms. The summed E-state index contributed by atoms with van der Waals surface area (Å²) >= 11 is 0. The summed E-state index contributed by atoms with van der Waals surface area (Å²) in [4.78, 5) is 0. The monoisotopic (exact) mass is 225 g/mol. The zero-order chi connectivity index (χ0) is 12.3. The van der Waals surface area contributed by atoms with E-state index in [1.807, 2.05) is 24.1 Å². The first-order valence-corrected chi connectivity index (χ1v) is 5.66. The molecule has 1 aromatic heterocycles. The second kappa shape index (κ2) is 4.97. The first-order valence-electron chi connectivity index (χ1n) is 5.66. The van der Waals surface area contributed by atoms with E-state index < -0.39 is 0 Å². The number of methoxy groups -OCH3 is 1. The molecule has 2 atom stereocenters. The van der Waals surface area contributed by atoms with Crippen LogP contribution in [-0.2, 0) is 17.3 Å². The SMILES string of the molecule is COC(C)C(C)NC(C)(C)c1cnn(C)c1. The summed E-state index contributed by atoms with van der Waals surface area (Å²) in [6.45, 7) is 8.51. The Labute approximate surface area is 98.0 Å². The van der Waals surface area contributed by atoms with Crippen LogP contribution < -0.4 is 5.32 Å². The minimum atomic E-state index is -0.0968. The summed E-state index contributed by atoms with van der Waals surface area (Å²) in [5.41, 5.74) is 1.09. The molecule has 0 fully saturated rings. The summed E-state index contributed by atoms with van der Waals surface area (Å²) in [5, 5.41) is 7.76. The van der Waals surface area contributed by atoms with Crippen molar-refractivity contribution in [3.8, 4) is 0 Å². The van der Waals surface area contributed by atoms with Crippen molar-refractivity contribution in [2.24, 2.45) is 7.05 Å². The lowest BCUT2D eigenvalue weighted by Crippen LogP contribution is -2.47. The number of hydrogen-bond donors (Lipinski definition) is 1. The molecular formula is C12H23N3O. The standard InChI is InChI=1S/C12H23N3O/c1-9(10(2)16-6)14-12(3,4)11-7-13-15(5)8-11/h7-10,14H,1-6H3. The number of aryl methyl sites for hydroxylation is 1. The largest absolute Gasteiger partial charge is 0.380 e. The van der Waals surface area contributed by atoms with Gasteiger partial charge >= 0.3 is 0 Å². The van der Waals surface area contributed by atoms with Gasteiger partial charge in [0.15, 0.2) is 0 Å². The van der Waals surface area contributed by atoms with Gasteiger partial charge in [-0.25, -0.2) is 0 Å². The molecule has 0 bridgehead atoms. The van der Waals surface area contributed by atoms with Crippen LogP contribution in [0.15, 0.2) is 12.4 Å². The van der Waals surface area contributed by atoms with Gasteiger partial charge in [0.1, 0.15) is 0 Å². The highest BCUT2D eigenvalue weighted by atomic mass is 16.5. The molecule has 0 spiro atoms. The summed E-state index contributed by atoms with van der Waals surface area (Å²) in [6.07, 6.45) is 4.13. The van der Waals surface area contributed by atoms with Gasteiger partial charge in [-0.05, 0) is 27.7 Å². The average Bonchev–Trinajstić information content (AvgIpc) is 2.63. The summed E-state index contributed by atoms with van der Waals surface area (Å²) in [5.74, 6) is 0. The van der Waals surface area contributed by atoms with Gasteiger partial charge in [-0.2, -0.15) is 5.10 Å². The molecule has 1 N–H and O–H groups in total. The van der Waals surface area contributed by atoms with Gasteiger partial charge in [0, 0.05) is 37.5 Å². The van der Waals surface area contributed by atoms with Crippen molar-refractivity contribution in [2.45, 2.75) is 45.4 Å². The van der Waals surface area contributed by atoms with Crippen LogP contribution in [0.1, 0.15) is 33.3 Å². The maximum Gasteiger partial charge on any atom is 0.0693 e. The third kappa shape index (κ3) is 3.06. The Bertz CT molecular complexity index is 333. The summed E-state index contributed by atoms with van der Waals surface area (Å²) < 4.78 is 7.14. The maximum absolute atomic E-state index is 5.32. The highest BCUT2D eigenvalue weighted by Gasteiger charge is 2.25. The van der Waals surface area contributed by atoms with Crippen LogP contribution in [0.3, 0.4) is 0 Å². The lowest BCUT2D eigenvalue weighted by molar-refractivity contribution is 0.0776. The van der Waals surface area contributed by atoms with E-state index in [1.165, 1.54) is 5.56 Å². The molecule has 2 unspecified atom stereocenters. The first kappa shape index (κ1) is 13.2. The number of aromatic nitrogens is 2. The molecule has 0 saturated carbocycles. The predicted molar refractivity (Wildman–Crippen MR) is 65.3 cm³/mol. The Morgan fingerprint density at radius 3 is 2.50 bits per heavy atom. The van der Waals surface area contributed by atoms with E-state index in [4.69, 9.17) is 4.74 Å². The number of rotatable bonds is 5. The van der Waals surface area contributed by atoms with Gasteiger partial charge in [0.2, 0.25) is 0 Å². The zero-order valence-electron chi connectivity index (χ0n) is 11.1. The van der Waals surface area contributed by atoms with Crippen LogP contribution >= 0.6 is 0 Å². The molecule has 0 aliphatic heterocycles. The van der Waals surface area contributed by atoms with Crippen LogP contribution in [0, 0.1) is 0 Å². The van der Waals surface area contributed by atoms with E-state index >= 15 is 0 Å². The molecule has 1 rings (SSSR count). The van der Waals surface area contributed by atoms with E-state index in [0.717, 1.165) is 0 Å². The topological polar surface area (TPSA) is 39.1 Å². The number of nitrogens with zero attached hydrogens (tertiary/aromatic N) is 2. The second-order valence-electron chi connectivity index (χ2n) is 4.90. The fraction of sp³-hybridized carbons (Fsp3) is 0.750. The fourth-order valence-corrected chi connectivity index (χ4v) is 1.72. The van der Waals surface area contributed by atoms with Crippen LogP contribution in [0.25, 0.3) is 0 Å². The molecule has 0 saturated heterocycles. The Morgan fingerprint density at radius 1 is 1.44 bits per heavy atom. The van der Waals surface area contributed by atoms with E-state index in [9.17, 15) is 0 Å². The number of nitrogens with one attached hydrogen (secondary N) is 1. The average molecular weight is 225 g/mol. The lowest BCUT2D eigenvalue weighted by atomic mass is 9.96. The molecule has 92 valence electrons. The Hall–Kier alpha value is -0.870. The van der Waals surface area contributed by atoms with E-state index in [2.05, 4.69) is 38.1 Å². The zero-order valence-corrected chi connectivity index (χ0v) is 11.1. The third-order valence-electron chi connectivity index (χ3n) is 3.09. The fourth-order valence-electron chi connectivity index (χ4n) is 1.72. The van der Waals surface area contributed by atoms with Gasteiger partial charge in [-0.3, -0.25) is 4.68 Å². The normalized spacial score (nSPS) is 16.1. The van der Waals surface area contributed by atoms with E-state index in [0.29, 0.717) is 6.04 Å². The van der Waals surface area contributed by atoms with Crippen molar-refractivity contribution >= 4 is 0 Å². The highest BCUT2D eigenvalue weighted by molar-refractivity contribution is 5.15. The van der Waals surface area contributed by atoms with Crippen molar-refractivity contribution in [2.75, 3.05) is 7.11 Å². The van der Waals surface area contributed by atoms with Crippen molar-refractivity contribution in [1.29, 1.82) is 0 Å². The molecule has 0 aliphatic carbocycles. The molecule has 16 heavy (non-hydrogen) atoms. The first-order chi connectivity index (χ1) is 7.36. The van der Waals surface area contributed by atoms with Gasteiger partial charge < -0.3 is 10.1 Å². The highest BCUT2D eigenvalue weighted by Crippen LogP contribution is 2.20. The molecule has 0 radical (unpaired) electrons. The number of ether oxygens (including phenoxy) is 1. The smallest absolute Gasteiger partial charge is 0.0693 e. The van der Waals surface area contributed by atoms with Crippen LogP contribution in [0.2, 0.25) is 0 Å². The predicted octanol–water partition coefficient (Wildman–Crippen LogP) is 1.67. The van der Waals surface area contributed by atoms with E-state index in [-0.39, 0.29) is 11.6 Å². The van der Waals surface area contributed by atoms with Crippen molar-refractivity contribution in [3.63, 3.8) is 0 Å².